The van der Waals surface area contributed by atoms with Crippen LogP contribution in [0.4, 0.5) is 0 Å². The molecule has 0 aliphatic heterocycles. The van der Waals surface area contributed by atoms with Crippen LogP contribution in [0.25, 0.3) is 0 Å². The molecule has 0 saturated carbocycles. The second-order valence-electron chi connectivity index (χ2n) is 2.04. The van der Waals surface area contributed by atoms with E-state index in [1.54, 1.807) is 0 Å². The number of hydrogen-bond acceptors (Lipinski definition) is 8. The lowest BCUT2D eigenvalue weighted by Crippen LogP contribution is -2.60. The molecule has 0 fully saturated rings. The second-order valence-corrected chi connectivity index (χ2v) is 2.04. The van der Waals surface area contributed by atoms with Crippen molar-refractivity contribution in [1.82, 2.24) is 0 Å². The number of hydrogen-bond donors (Lipinski definition) is 1. The fraction of sp³-hybridized carbons (Fsp3) is 1.00. The summed E-state index contributed by atoms with van der Waals surface area (Å²) >= 11 is 0. The van der Waals surface area contributed by atoms with Crippen molar-refractivity contribution in [2.75, 3.05) is 7.11 Å². The highest BCUT2D eigenvalue weighted by atomic mass is 16.8. The van der Waals surface area contributed by atoms with Gasteiger partial charge < -0.3 is 5.11 Å². The van der Waals surface area contributed by atoms with Gasteiger partial charge in [-0.15, -0.1) is 0 Å². The van der Waals surface area contributed by atoms with Crippen LogP contribution in [0.2, 0.25) is 0 Å². The Kier molecular flexibility index (Phi) is 3.36. The van der Waals surface area contributed by atoms with E-state index in [0.717, 1.165) is 0 Å². The van der Waals surface area contributed by atoms with Gasteiger partial charge in [-0.25, -0.2) is 4.74 Å². The Morgan fingerprint density at radius 1 is 1.21 bits per heavy atom. The minimum absolute atomic E-state index is 0.512. The molecule has 0 bridgehead atoms. The largest absolute Gasteiger partial charge is 0.674 e. The number of ether oxygens (including phenoxy) is 1. The average molecular weight is 211 g/mol. The molecular weight excluding hydrogens is 206 g/mol. The summed E-state index contributed by atoms with van der Waals surface area (Å²) in [6.07, 6.45) is -3.09. The van der Waals surface area contributed by atoms with Crippen molar-refractivity contribution < 1.29 is 24.6 Å². The molecule has 0 radical (unpaired) electrons. The van der Waals surface area contributed by atoms with E-state index in [1.165, 1.54) is 0 Å². The van der Waals surface area contributed by atoms with Gasteiger partial charge in [-0.2, -0.15) is 0 Å². The van der Waals surface area contributed by atoms with Gasteiger partial charge in [-0.1, -0.05) is 0 Å². The van der Waals surface area contributed by atoms with Crippen molar-refractivity contribution in [2.45, 2.75) is 12.1 Å². The summed E-state index contributed by atoms with van der Waals surface area (Å²) < 4.78 is 3.79. The molecule has 0 aromatic heterocycles. The molecule has 14 heavy (non-hydrogen) atoms. The zero-order valence-electron chi connectivity index (χ0n) is 6.72. The van der Waals surface area contributed by atoms with Gasteiger partial charge in [0.2, 0.25) is 0 Å². The molecule has 1 N–H and O–H groups in total. The molecule has 0 amide bonds. The first kappa shape index (κ1) is 12.1. The SMILES string of the molecule is COC(C(O)[N+](=O)[O-])([N+](=O)[O-])[N+](=O)[O-]. The molecular formula is C3H5N3O8. The molecule has 1 unspecified atom stereocenters. The van der Waals surface area contributed by atoms with E-state index in [-0.39, 0.29) is 0 Å². The molecule has 0 aliphatic rings. The van der Waals surface area contributed by atoms with Crippen LogP contribution < -0.4 is 0 Å². The Bertz CT molecular complexity index is 261. The molecule has 1 atom stereocenters. The van der Waals surface area contributed by atoms with Crippen LogP contribution in [0, 0.1) is 30.3 Å². The summed E-state index contributed by atoms with van der Waals surface area (Å²) in [5.41, 5.74) is 0. The van der Waals surface area contributed by atoms with Gasteiger partial charge in [-0.3, -0.25) is 30.3 Å². The Hall–Kier alpha value is -1.88. The molecule has 0 spiro atoms. The number of rotatable bonds is 5. The lowest BCUT2D eigenvalue weighted by molar-refractivity contribution is -0.895. The van der Waals surface area contributed by atoms with Crippen LogP contribution >= 0.6 is 0 Å². The highest BCUT2D eigenvalue weighted by Crippen LogP contribution is 2.17. The second kappa shape index (κ2) is 3.89. The summed E-state index contributed by atoms with van der Waals surface area (Å²) in [4.78, 5) is 25.5. The molecule has 0 heterocycles. The maximum absolute atomic E-state index is 10.2. The number of aliphatic hydroxyl groups excluding tert-OH is 1. The van der Waals surface area contributed by atoms with Gasteiger partial charge in [0.25, 0.3) is 0 Å². The van der Waals surface area contributed by atoms with Crippen molar-refractivity contribution in [1.29, 1.82) is 0 Å². The van der Waals surface area contributed by atoms with Crippen LogP contribution in [-0.2, 0) is 4.74 Å². The molecule has 11 nitrogen and oxygen atoms in total. The first-order valence-electron chi connectivity index (χ1n) is 2.96. The quantitative estimate of drug-likeness (QED) is 0.324. The molecule has 0 saturated heterocycles. The van der Waals surface area contributed by atoms with E-state index in [0.29, 0.717) is 7.11 Å². The van der Waals surface area contributed by atoms with E-state index < -0.39 is 26.8 Å². The van der Waals surface area contributed by atoms with Crippen molar-refractivity contribution in [3.05, 3.63) is 30.3 Å². The smallest absolute Gasteiger partial charge is 0.319 e. The van der Waals surface area contributed by atoms with Gasteiger partial charge in [0.15, 0.2) is 0 Å². The van der Waals surface area contributed by atoms with Gasteiger partial charge in [0, 0.05) is 0 Å². The molecule has 80 valence electrons. The van der Waals surface area contributed by atoms with Crippen LogP contribution in [0.15, 0.2) is 0 Å². The summed E-state index contributed by atoms with van der Waals surface area (Å²) in [5.74, 6) is -3.68. The van der Waals surface area contributed by atoms with Crippen LogP contribution in [0.5, 0.6) is 0 Å². The van der Waals surface area contributed by atoms with E-state index in [1.807, 2.05) is 0 Å². The van der Waals surface area contributed by atoms with Gasteiger partial charge in [0.1, 0.15) is 9.85 Å². The first-order chi connectivity index (χ1) is 6.30. The maximum atomic E-state index is 10.2. The molecule has 0 aromatic rings. The highest BCUT2D eigenvalue weighted by Gasteiger charge is 2.72. The Morgan fingerprint density at radius 2 is 1.57 bits per heavy atom. The predicted molar refractivity (Wildman–Crippen MR) is 36.7 cm³/mol. The molecule has 11 heteroatoms. The molecule has 0 aliphatic carbocycles. The fourth-order valence-corrected chi connectivity index (χ4v) is 0.647. The van der Waals surface area contributed by atoms with E-state index >= 15 is 0 Å². The highest BCUT2D eigenvalue weighted by molar-refractivity contribution is 4.56. The van der Waals surface area contributed by atoms with E-state index in [4.69, 9.17) is 5.11 Å². The Labute approximate surface area is 75.3 Å². The third-order valence-electron chi connectivity index (χ3n) is 1.36. The topological polar surface area (TPSA) is 159 Å². The third kappa shape index (κ3) is 1.57. The monoisotopic (exact) mass is 211 g/mol. The number of aliphatic hydroxyl groups is 1. The van der Waals surface area contributed by atoms with E-state index in [2.05, 4.69) is 4.74 Å². The molecule has 0 rings (SSSR count). The minimum atomic E-state index is -3.68. The van der Waals surface area contributed by atoms with E-state index in [9.17, 15) is 30.3 Å². The zero-order chi connectivity index (χ0) is 11.5. The number of nitrogens with zero attached hydrogens (tertiary/aromatic N) is 3. The number of nitro groups is 3. The Balaban J connectivity index is 5.36. The van der Waals surface area contributed by atoms with Crippen LogP contribution in [0.3, 0.4) is 0 Å². The lowest BCUT2D eigenvalue weighted by atomic mass is 10.4. The maximum Gasteiger partial charge on any atom is 0.674 e. The van der Waals surface area contributed by atoms with Crippen LogP contribution in [-0.4, -0.2) is 39.1 Å². The Morgan fingerprint density at radius 3 is 1.64 bits per heavy atom. The third-order valence-corrected chi connectivity index (χ3v) is 1.36. The summed E-state index contributed by atoms with van der Waals surface area (Å²) in [5, 5.41) is 39.1. The van der Waals surface area contributed by atoms with Crippen molar-refractivity contribution in [3.8, 4) is 0 Å². The average Bonchev–Trinajstić information content (AvgIpc) is 2.04. The normalized spacial score (nSPS) is 13.3. The zero-order valence-corrected chi connectivity index (χ0v) is 6.72. The van der Waals surface area contributed by atoms with Gasteiger partial charge in [-0.05, 0) is 0 Å². The van der Waals surface area contributed by atoms with Crippen molar-refractivity contribution >= 4 is 0 Å². The van der Waals surface area contributed by atoms with Crippen molar-refractivity contribution in [3.63, 3.8) is 0 Å². The fourth-order valence-electron chi connectivity index (χ4n) is 0.647. The minimum Gasteiger partial charge on any atom is -0.319 e. The predicted octanol–water partition coefficient (Wildman–Crippen LogP) is -1.56. The summed E-state index contributed by atoms with van der Waals surface area (Å²) in [6.45, 7) is 0. The summed E-state index contributed by atoms with van der Waals surface area (Å²) in [6, 6.07) is 0. The van der Waals surface area contributed by atoms with Crippen LogP contribution in [0.1, 0.15) is 0 Å². The van der Waals surface area contributed by atoms with Gasteiger partial charge in [0.05, 0.1) is 12.0 Å². The van der Waals surface area contributed by atoms with Gasteiger partial charge >= 0.3 is 12.1 Å². The molecule has 0 aromatic carbocycles. The number of methoxy groups -OCH3 is 1. The lowest BCUT2D eigenvalue weighted by Gasteiger charge is -2.13. The standard InChI is InChI=1S/C3H5N3O8/c1-14-3(5(10)11,6(12)13)2(7)4(8)9/h2,7H,1H3. The first-order valence-corrected chi connectivity index (χ1v) is 2.96. The summed E-state index contributed by atoms with van der Waals surface area (Å²) in [7, 11) is 0.512. The van der Waals surface area contributed by atoms with Crippen molar-refractivity contribution in [2.24, 2.45) is 0 Å².